The van der Waals surface area contributed by atoms with Crippen LogP contribution in [0.5, 0.6) is 5.75 Å². The van der Waals surface area contributed by atoms with E-state index in [1.165, 1.54) is 10.5 Å². The van der Waals surface area contributed by atoms with E-state index in [0.717, 1.165) is 36.2 Å². The van der Waals surface area contributed by atoms with Crippen molar-refractivity contribution in [2.24, 2.45) is 0 Å². The lowest BCUT2D eigenvalue weighted by molar-refractivity contribution is -0.122. The van der Waals surface area contributed by atoms with Gasteiger partial charge in [-0.1, -0.05) is 19.9 Å². The minimum atomic E-state index is -0.507. The highest BCUT2D eigenvalue weighted by molar-refractivity contribution is 7.80. The Bertz CT molecular complexity index is 1260. The summed E-state index contributed by atoms with van der Waals surface area (Å²) < 4.78 is 5.76. The molecule has 7 heteroatoms. The molecule has 2 aromatic carbocycles. The average Bonchev–Trinajstić information content (AvgIpc) is 2.78. The fourth-order valence-corrected chi connectivity index (χ4v) is 5.87. The van der Waals surface area contributed by atoms with Crippen molar-refractivity contribution in [2.75, 3.05) is 23.5 Å². The van der Waals surface area contributed by atoms with E-state index in [-0.39, 0.29) is 16.2 Å². The topological polar surface area (TPSA) is 61.9 Å². The second-order valence-electron chi connectivity index (χ2n) is 10.5. The van der Waals surface area contributed by atoms with Gasteiger partial charge in [0.15, 0.2) is 5.11 Å². The third-order valence-electron chi connectivity index (χ3n) is 7.05. The van der Waals surface area contributed by atoms with Crippen LogP contribution >= 0.6 is 12.2 Å². The van der Waals surface area contributed by atoms with Gasteiger partial charge in [-0.15, -0.1) is 0 Å². The zero-order chi connectivity index (χ0) is 26.4. The Morgan fingerprint density at radius 3 is 2.42 bits per heavy atom. The van der Waals surface area contributed by atoms with Crippen molar-refractivity contribution in [1.29, 1.82) is 0 Å². The third-order valence-corrected chi connectivity index (χ3v) is 7.34. The number of aryl methyl sites for hydroxylation is 2. The lowest BCUT2D eigenvalue weighted by Gasteiger charge is -2.48. The Morgan fingerprint density at radius 2 is 1.81 bits per heavy atom. The van der Waals surface area contributed by atoms with Crippen LogP contribution in [0.2, 0.25) is 0 Å². The fourth-order valence-electron chi connectivity index (χ4n) is 5.59. The zero-order valence-corrected chi connectivity index (χ0v) is 23.0. The van der Waals surface area contributed by atoms with Crippen molar-refractivity contribution in [1.82, 2.24) is 5.32 Å². The van der Waals surface area contributed by atoms with Gasteiger partial charge in [-0.3, -0.25) is 19.8 Å². The van der Waals surface area contributed by atoms with Gasteiger partial charge in [0.25, 0.3) is 11.8 Å². The van der Waals surface area contributed by atoms with E-state index in [9.17, 15) is 9.59 Å². The van der Waals surface area contributed by atoms with Gasteiger partial charge >= 0.3 is 0 Å². The summed E-state index contributed by atoms with van der Waals surface area (Å²) in [5.41, 5.74) is 5.74. The molecule has 1 fully saturated rings. The van der Waals surface area contributed by atoms with Crippen molar-refractivity contribution in [3.63, 3.8) is 0 Å². The van der Waals surface area contributed by atoms with Crippen LogP contribution in [0, 0.1) is 13.8 Å². The molecule has 0 aromatic heterocycles. The Morgan fingerprint density at radius 1 is 1.14 bits per heavy atom. The largest absolute Gasteiger partial charge is 0.496 e. The second kappa shape index (κ2) is 9.69. The number of anilines is 2. The average molecular weight is 506 g/mol. The van der Waals surface area contributed by atoms with E-state index in [2.05, 4.69) is 44.0 Å². The number of carbonyl (C=O) groups excluding carboxylic acids is 2. The van der Waals surface area contributed by atoms with Crippen molar-refractivity contribution in [3.05, 3.63) is 58.2 Å². The number of carbonyl (C=O) groups is 2. The van der Waals surface area contributed by atoms with Crippen LogP contribution in [0.1, 0.15) is 68.7 Å². The number of hydrogen-bond donors (Lipinski definition) is 1. The predicted octanol–water partition coefficient (Wildman–Crippen LogP) is 5.65. The highest BCUT2D eigenvalue weighted by Gasteiger charge is 2.38. The molecule has 2 amide bonds. The van der Waals surface area contributed by atoms with Crippen LogP contribution in [-0.4, -0.2) is 36.1 Å². The Labute approximate surface area is 219 Å². The molecule has 0 saturated carbocycles. The molecule has 2 heterocycles. The van der Waals surface area contributed by atoms with Crippen molar-refractivity contribution < 1.29 is 14.3 Å². The van der Waals surface area contributed by atoms with Crippen LogP contribution in [-0.2, 0) is 9.59 Å². The first-order chi connectivity index (χ1) is 17.0. The number of rotatable bonds is 5. The molecule has 1 N–H and O–H groups in total. The molecule has 0 bridgehead atoms. The van der Waals surface area contributed by atoms with Gasteiger partial charge in [0.1, 0.15) is 11.3 Å². The number of hydrogen-bond acceptors (Lipinski definition) is 5. The molecular formula is C29H35N3O3S. The summed E-state index contributed by atoms with van der Waals surface area (Å²) in [4.78, 5) is 30.4. The molecule has 190 valence electrons. The molecule has 1 atom stereocenters. The SMILES string of the molecule is CCCN1c2cc(OC)c(/C=C3/C(=O)NC(=S)N(c4cc(C)cc(C)c4)C3=O)cc2C(C)CC1(C)C. The van der Waals surface area contributed by atoms with E-state index in [0.29, 0.717) is 22.9 Å². The molecule has 4 rings (SSSR count). The predicted molar refractivity (Wildman–Crippen MR) is 150 cm³/mol. The number of benzene rings is 2. The number of fused-ring (bicyclic) bond motifs is 1. The molecule has 1 saturated heterocycles. The smallest absolute Gasteiger partial charge is 0.270 e. The molecule has 36 heavy (non-hydrogen) atoms. The summed E-state index contributed by atoms with van der Waals surface area (Å²) in [5.74, 6) is -0.0113. The summed E-state index contributed by atoms with van der Waals surface area (Å²) >= 11 is 5.39. The van der Waals surface area contributed by atoms with Gasteiger partial charge < -0.3 is 9.64 Å². The normalized spacial score (nSPS) is 20.5. The monoisotopic (exact) mass is 505 g/mol. The molecule has 2 aromatic rings. The summed E-state index contributed by atoms with van der Waals surface area (Å²) in [6, 6.07) is 9.91. The molecule has 1 unspecified atom stereocenters. The summed E-state index contributed by atoms with van der Waals surface area (Å²) in [6.07, 6.45) is 3.68. The number of nitrogens with zero attached hydrogens (tertiary/aromatic N) is 2. The van der Waals surface area contributed by atoms with E-state index in [1.807, 2.05) is 38.1 Å². The van der Waals surface area contributed by atoms with Crippen LogP contribution in [0.15, 0.2) is 35.9 Å². The quantitative estimate of drug-likeness (QED) is 0.323. The molecule has 6 nitrogen and oxygen atoms in total. The van der Waals surface area contributed by atoms with Crippen LogP contribution in [0.3, 0.4) is 0 Å². The second-order valence-corrected chi connectivity index (χ2v) is 10.9. The first-order valence-corrected chi connectivity index (χ1v) is 12.9. The number of amides is 2. The van der Waals surface area contributed by atoms with Crippen molar-refractivity contribution >= 4 is 46.6 Å². The molecule has 0 aliphatic carbocycles. The lowest BCUT2D eigenvalue weighted by Crippen LogP contribution is -2.54. The molecule has 2 aliphatic heterocycles. The van der Waals surface area contributed by atoms with Gasteiger partial charge in [-0.05, 0) is 99.6 Å². The van der Waals surface area contributed by atoms with Gasteiger partial charge in [0, 0.05) is 29.4 Å². The lowest BCUT2D eigenvalue weighted by atomic mass is 9.79. The minimum absolute atomic E-state index is 0.0226. The van der Waals surface area contributed by atoms with Crippen LogP contribution in [0.25, 0.3) is 6.08 Å². The van der Waals surface area contributed by atoms with Gasteiger partial charge in [0.2, 0.25) is 0 Å². The summed E-state index contributed by atoms with van der Waals surface area (Å²) in [5, 5.41) is 2.77. The van der Waals surface area contributed by atoms with Crippen LogP contribution < -0.4 is 19.9 Å². The first-order valence-electron chi connectivity index (χ1n) is 12.5. The van der Waals surface area contributed by atoms with E-state index < -0.39 is 11.8 Å². The minimum Gasteiger partial charge on any atom is -0.496 e. The third kappa shape index (κ3) is 4.64. The number of thiocarbonyl (C=S) groups is 1. The van der Waals surface area contributed by atoms with Crippen molar-refractivity contribution in [3.8, 4) is 5.75 Å². The Kier molecular flexibility index (Phi) is 6.97. The molecular weight excluding hydrogens is 470 g/mol. The van der Waals surface area contributed by atoms with E-state index in [4.69, 9.17) is 17.0 Å². The Balaban J connectivity index is 1.82. The van der Waals surface area contributed by atoms with E-state index >= 15 is 0 Å². The maximum atomic E-state index is 13.6. The van der Waals surface area contributed by atoms with Gasteiger partial charge in [-0.2, -0.15) is 0 Å². The van der Waals surface area contributed by atoms with E-state index in [1.54, 1.807) is 13.2 Å². The molecule has 0 radical (unpaired) electrons. The molecule has 0 spiro atoms. The summed E-state index contributed by atoms with van der Waals surface area (Å²) in [7, 11) is 1.62. The first kappa shape index (κ1) is 25.9. The highest BCUT2D eigenvalue weighted by atomic mass is 32.1. The van der Waals surface area contributed by atoms with Crippen LogP contribution in [0.4, 0.5) is 11.4 Å². The number of nitrogens with one attached hydrogen (secondary N) is 1. The van der Waals surface area contributed by atoms with Gasteiger partial charge in [-0.25, -0.2) is 0 Å². The standard InChI is InChI=1S/C29H35N3O3S/c1-8-9-31-24-15-25(35-7)20(13-22(24)19(4)16-29(31,5)6)14-23-26(33)30-28(36)32(27(23)34)21-11-17(2)10-18(3)12-21/h10-15,19H,8-9,16H2,1-7H3,(H,30,33,36)/b23-14-. The maximum Gasteiger partial charge on any atom is 0.270 e. The fraction of sp³-hybridized carbons (Fsp3) is 0.414. The zero-order valence-electron chi connectivity index (χ0n) is 22.2. The number of ether oxygens (including phenoxy) is 1. The highest BCUT2D eigenvalue weighted by Crippen LogP contribution is 2.46. The summed E-state index contributed by atoms with van der Waals surface area (Å²) in [6.45, 7) is 13.8. The van der Waals surface area contributed by atoms with Gasteiger partial charge in [0.05, 0.1) is 12.8 Å². The number of methoxy groups -OCH3 is 1. The van der Waals surface area contributed by atoms with Crippen molar-refractivity contribution in [2.45, 2.75) is 65.8 Å². The molecule has 2 aliphatic rings. The maximum absolute atomic E-state index is 13.6. The Hall–Kier alpha value is -3.19.